The Balaban J connectivity index is 1.69. The van der Waals surface area contributed by atoms with Crippen LogP contribution in [0.1, 0.15) is 38.7 Å². The third-order valence-electron chi connectivity index (χ3n) is 6.13. The molecule has 2 unspecified atom stereocenters. The lowest BCUT2D eigenvalue weighted by atomic mass is 10.0. The third kappa shape index (κ3) is 6.04. The van der Waals surface area contributed by atoms with Crippen molar-refractivity contribution in [1.29, 1.82) is 0 Å². The summed E-state index contributed by atoms with van der Waals surface area (Å²) < 4.78 is 13.4. The molecule has 0 bridgehead atoms. The third-order valence-corrected chi connectivity index (χ3v) is 6.13. The number of carbonyl (C=O) groups is 4. The molecule has 0 aliphatic carbocycles. The van der Waals surface area contributed by atoms with Crippen molar-refractivity contribution in [3.63, 3.8) is 0 Å². The summed E-state index contributed by atoms with van der Waals surface area (Å²) in [4.78, 5) is 68.7. The Morgan fingerprint density at radius 1 is 1.00 bits per heavy atom. The molecule has 1 aliphatic heterocycles. The maximum absolute atomic E-state index is 13.7. The van der Waals surface area contributed by atoms with Crippen LogP contribution in [0.3, 0.4) is 0 Å². The molecular weight excluding hydrogens is 513 g/mol. The van der Waals surface area contributed by atoms with E-state index in [9.17, 15) is 38.8 Å². The van der Waals surface area contributed by atoms with Gasteiger partial charge in [0.15, 0.2) is 6.17 Å². The summed E-state index contributed by atoms with van der Waals surface area (Å²) in [5.41, 5.74) is 0.134. The van der Waals surface area contributed by atoms with E-state index in [2.05, 4.69) is 10.3 Å². The molecule has 39 heavy (non-hydrogen) atoms. The van der Waals surface area contributed by atoms with Crippen molar-refractivity contribution >= 4 is 29.4 Å². The molecular formula is C26H22FN5O7. The fraction of sp³-hybridized carbons (Fsp3) is 0.192. The van der Waals surface area contributed by atoms with Crippen molar-refractivity contribution in [3.05, 3.63) is 106 Å². The molecule has 0 spiro atoms. The van der Waals surface area contributed by atoms with Gasteiger partial charge >= 0.3 is 5.97 Å². The number of halogens is 1. The topological polar surface area (TPSA) is 163 Å². The monoisotopic (exact) mass is 535 g/mol. The lowest BCUT2D eigenvalue weighted by Gasteiger charge is -2.31. The molecule has 0 radical (unpaired) electrons. The van der Waals surface area contributed by atoms with E-state index in [0.29, 0.717) is 0 Å². The van der Waals surface area contributed by atoms with E-state index in [1.807, 2.05) is 0 Å². The van der Waals surface area contributed by atoms with Crippen LogP contribution in [-0.2, 0) is 9.59 Å². The van der Waals surface area contributed by atoms with Gasteiger partial charge in [0, 0.05) is 48.7 Å². The summed E-state index contributed by atoms with van der Waals surface area (Å²) in [6, 6.07) is 11.5. The molecule has 200 valence electrons. The summed E-state index contributed by atoms with van der Waals surface area (Å²) in [5, 5.41) is 23.2. The van der Waals surface area contributed by atoms with Gasteiger partial charge in [-0.25, -0.2) is 4.39 Å². The van der Waals surface area contributed by atoms with Gasteiger partial charge in [0.05, 0.1) is 17.4 Å². The number of nitro benzene ring substituents is 1. The fourth-order valence-electron chi connectivity index (χ4n) is 4.28. The lowest BCUT2D eigenvalue weighted by Crippen LogP contribution is -2.54. The number of aliphatic carboxylic acids is 1. The molecule has 0 saturated carbocycles. The Hall–Kier alpha value is -5.20. The normalized spacial score (nSPS) is 15.5. The average molecular weight is 535 g/mol. The van der Waals surface area contributed by atoms with E-state index < -0.39 is 53.1 Å². The Labute approximate surface area is 220 Å². The lowest BCUT2D eigenvalue weighted by molar-refractivity contribution is -0.384. The van der Waals surface area contributed by atoms with Crippen LogP contribution in [0.4, 0.5) is 10.1 Å². The van der Waals surface area contributed by atoms with E-state index in [1.165, 1.54) is 54.9 Å². The molecule has 2 N–H and O–H groups in total. The van der Waals surface area contributed by atoms with E-state index >= 15 is 0 Å². The zero-order valence-electron chi connectivity index (χ0n) is 20.3. The number of pyridine rings is 1. The van der Waals surface area contributed by atoms with Gasteiger partial charge in [-0.2, -0.15) is 0 Å². The molecule has 4 rings (SSSR count). The van der Waals surface area contributed by atoms with E-state index in [1.54, 1.807) is 0 Å². The Bertz CT molecular complexity index is 1420. The van der Waals surface area contributed by atoms with Gasteiger partial charge in [0.1, 0.15) is 5.82 Å². The molecule has 1 saturated heterocycles. The molecule has 2 aromatic carbocycles. The number of benzene rings is 2. The minimum Gasteiger partial charge on any atom is -0.481 e. The zero-order chi connectivity index (χ0) is 28.1. The van der Waals surface area contributed by atoms with Crippen LogP contribution >= 0.6 is 0 Å². The highest BCUT2D eigenvalue weighted by molar-refractivity contribution is 6.02. The highest BCUT2D eigenvalue weighted by Gasteiger charge is 2.44. The average Bonchev–Trinajstić information content (AvgIpc) is 3.38. The molecule has 3 aromatic rings. The molecule has 13 heteroatoms. The first kappa shape index (κ1) is 26.9. The second-order valence-corrected chi connectivity index (χ2v) is 8.62. The predicted octanol–water partition coefficient (Wildman–Crippen LogP) is 2.39. The summed E-state index contributed by atoms with van der Waals surface area (Å²) >= 11 is 0. The zero-order valence-corrected chi connectivity index (χ0v) is 20.3. The van der Waals surface area contributed by atoms with Gasteiger partial charge < -0.3 is 20.2 Å². The first-order valence-electron chi connectivity index (χ1n) is 11.7. The van der Waals surface area contributed by atoms with Crippen molar-refractivity contribution in [1.82, 2.24) is 20.1 Å². The van der Waals surface area contributed by atoms with Crippen molar-refractivity contribution in [2.75, 3.05) is 13.1 Å². The number of carboxylic acid groups (broad SMARTS) is 1. The van der Waals surface area contributed by atoms with Gasteiger partial charge in [-0.05, 0) is 42.0 Å². The number of hydrogen-bond acceptors (Lipinski definition) is 7. The largest absolute Gasteiger partial charge is 0.481 e. The van der Waals surface area contributed by atoms with Crippen LogP contribution in [0.2, 0.25) is 0 Å². The van der Waals surface area contributed by atoms with Crippen LogP contribution in [-0.4, -0.2) is 67.8 Å². The van der Waals surface area contributed by atoms with Crippen LogP contribution < -0.4 is 5.32 Å². The van der Waals surface area contributed by atoms with Crippen molar-refractivity contribution in [3.8, 4) is 0 Å². The van der Waals surface area contributed by atoms with Crippen LogP contribution in [0.15, 0.2) is 73.1 Å². The number of non-ortho nitro benzene ring substituents is 1. The van der Waals surface area contributed by atoms with Gasteiger partial charge in [-0.15, -0.1) is 0 Å². The standard InChI is InChI=1S/C26H22FN5O7/c27-19-6-4-16(5-7-19)25(36)30-12-13-31(26(37)17-8-10-28-11-9-17)24(30)23(35)29-21(15-22(33)34)18-2-1-3-20(14-18)32(38)39/h1-11,14,21,24H,12-13,15H2,(H,29,35)(H,33,34). The van der Waals surface area contributed by atoms with Gasteiger partial charge in [-0.3, -0.25) is 34.3 Å². The number of amides is 3. The minimum absolute atomic E-state index is 0.0212. The molecule has 1 aliphatic rings. The second-order valence-electron chi connectivity index (χ2n) is 8.62. The molecule has 2 heterocycles. The van der Waals surface area contributed by atoms with E-state index in [0.717, 1.165) is 28.0 Å². The number of nitrogens with one attached hydrogen (secondary N) is 1. The molecule has 2 atom stereocenters. The van der Waals surface area contributed by atoms with E-state index in [4.69, 9.17) is 0 Å². The fourth-order valence-corrected chi connectivity index (χ4v) is 4.28. The molecule has 1 fully saturated rings. The minimum atomic E-state index is -1.49. The molecule has 1 aromatic heterocycles. The van der Waals surface area contributed by atoms with Gasteiger partial charge in [0.2, 0.25) is 0 Å². The predicted molar refractivity (Wildman–Crippen MR) is 133 cm³/mol. The maximum atomic E-state index is 13.7. The summed E-state index contributed by atoms with van der Waals surface area (Å²) in [7, 11) is 0. The summed E-state index contributed by atoms with van der Waals surface area (Å²) in [6.07, 6.45) is 0.679. The number of aromatic nitrogens is 1. The Morgan fingerprint density at radius 2 is 1.59 bits per heavy atom. The highest BCUT2D eigenvalue weighted by atomic mass is 19.1. The van der Waals surface area contributed by atoms with Crippen LogP contribution in [0, 0.1) is 15.9 Å². The molecule has 3 amide bonds. The van der Waals surface area contributed by atoms with Crippen molar-refractivity contribution in [2.24, 2.45) is 0 Å². The second kappa shape index (κ2) is 11.5. The summed E-state index contributed by atoms with van der Waals surface area (Å²) in [5.74, 6) is -3.95. The van der Waals surface area contributed by atoms with E-state index in [-0.39, 0.29) is 35.5 Å². The summed E-state index contributed by atoms with van der Waals surface area (Å²) in [6.45, 7) is -0.0574. The quantitative estimate of drug-likeness (QED) is 0.328. The van der Waals surface area contributed by atoms with Crippen molar-refractivity contribution < 1.29 is 33.6 Å². The van der Waals surface area contributed by atoms with Crippen LogP contribution in [0.5, 0.6) is 0 Å². The number of nitrogens with zero attached hydrogens (tertiary/aromatic N) is 4. The Kier molecular flexibility index (Phi) is 7.89. The smallest absolute Gasteiger partial charge is 0.305 e. The maximum Gasteiger partial charge on any atom is 0.305 e. The number of hydrogen-bond donors (Lipinski definition) is 2. The Morgan fingerprint density at radius 3 is 2.15 bits per heavy atom. The number of nitro groups is 1. The van der Waals surface area contributed by atoms with Gasteiger partial charge in [-0.1, -0.05) is 12.1 Å². The van der Waals surface area contributed by atoms with Crippen molar-refractivity contribution in [2.45, 2.75) is 18.6 Å². The van der Waals surface area contributed by atoms with Gasteiger partial charge in [0.25, 0.3) is 23.4 Å². The molecule has 12 nitrogen and oxygen atoms in total. The number of carboxylic acids is 1. The highest BCUT2D eigenvalue weighted by Crippen LogP contribution is 2.25. The number of rotatable bonds is 8. The first-order chi connectivity index (χ1) is 18.7. The SMILES string of the molecule is O=C(O)CC(NC(=O)C1N(C(=O)c2ccncc2)CCN1C(=O)c1ccc(F)cc1)c1cccc([N+](=O)[O-])c1. The number of carbonyl (C=O) groups excluding carboxylic acids is 3. The van der Waals surface area contributed by atoms with Crippen LogP contribution in [0.25, 0.3) is 0 Å². The first-order valence-corrected chi connectivity index (χ1v) is 11.7.